The summed E-state index contributed by atoms with van der Waals surface area (Å²) in [6.45, 7) is 3.30. The monoisotopic (exact) mass is 175 g/mol. The Labute approximate surface area is 80.4 Å². The standard InChI is InChI=1S/C12H17N/c1-10-5-3-4-6-11(10)9-13(2)12-7-8-12/h3-6,12H,7-9H2,1-2H3. The average Bonchev–Trinajstić information content (AvgIpc) is 2.91. The summed E-state index contributed by atoms with van der Waals surface area (Å²) in [4.78, 5) is 2.46. The molecule has 0 spiro atoms. The van der Waals surface area contributed by atoms with Crippen molar-refractivity contribution in [2.45, 2.75) is 32.4 Å². The van der Waals surface area contributed by atoms with E-state index >= 15 is 0 Å². The molecular weight excluding hydrogens is 158 g/mol. The van der Waals surface area contributed by atoms with Crippen molar-refractivity contribution in [2.75, 3.05) is 7.05 Å². The number of benzene rings is 1. The third-order valence-electron chi connectivity index (χ3n) is 2.85. The number of hydrogen-bond acceptors (Lipinski definition) is 1. The minimum absolute atomic E-state index is 0.861. The number of rotatable bonds is 3. The quantitative estimate of drug-likeness (QED) is 0.682. The summed E-state index contributed by atoms with van der Waals surface area (Å²) in [6, 6.07) is 9.52. The highest BCUT2D eigenvalue weighted by Gasteiger charge is 2.25. The molecule has 70 valence electrons. The lowest BCUT2D eigenvalue weighted by Crippen LogP contribution is -2.20. The fourth-order valence-electron chi connectivity index (χ4n) is 1.70. The molecule has 1 aliphatic carbocycles. The van der Waals surface area contributed by atoms with Crippen molar-refractivity contribution in [1.29, 1.82) is 0 Å². The van der Waals surface area contributed by atoms with E-state index in [2.05, 4.69) is 43.1 Å². The Morgan fingerprint density at radius 3 is 2.62 bits per heavy atom. The van der Waals surface area contributed by atoms with Crippen molar-refractivity contribution in [3.8, 4) is 0 Å². The Bertz CT molecular complexity index is 289. The van der Waals surface area contributed by atoms with Crippen LogP contribution in [0, 0.1) is 6.92 Å². The number of hydrogen-bond donors (Lipinski definition) is 0. The van der Waals surface area contributed by atoms with Gasteiger partial charge in [0.05, 0.1) is 0 Å². The van der Waals surface area contributed by atoms with Gasteiger partial charge in [0.1, 0.15) is 0 Å². The van der Waals surface area contributed by atoms with Gasteiger partial charge in [-0.2, -0.15) is 0 Å². The molecule has 0 heterocycles. The molecule has 13 heavy (non-hydrogen) atoms. The van der Waals surface area contributed by atoms with Gasteiger partial charge in [0.25, 0.3) is 0 Å². The second kappa shape index (κ2) is 3.51. The molecule has 1 aliphatic rings. The van der Waals surface area contributed by atoms with Gasteiger partial charge in [0.2, 0.25) is 0 Å². The molecule has 1 heteroatoms. The molecule has 0 N–H and O–H groups in total. The molecule has 0 radical (unpaired) electrons. The summed E-state index contributed by atoms with van der Waals surface area (Å²) in [5, 5.41) is 0. The molecule has 1 aromatic carbocycles. The zero-order valence-electron chi connectivity index (χ0n) is 8.46. The lowest BCUT2D eigenvalue weighted by Gasteiger charge is -2.16. The molecule has 0 saturated heterocycles. The van der Waals surface area contributed by atoms with Gasteiger partial charge < -0.3 is 0 Å². The molecule has 0 unspecified atom stereocenters. The van der Waals surface area contributed by atoms with E-state index in [4.69, 9.17) is 0 Å². The van der Waals surface area contributed by atoms with Crippen LogP contribution in [-0.4, -0.2) is 18.0 Å². The van der Waals surface area contributed by atoms with E-state index in [1.807, 2.05) is 0 Å². The molecule has 1 aromatic rings. The van der Waals surface area contributed by atoms with Crippen molar-refractivity contribution in [3.05, 3.63) is 35.4 Å². The van der Waals surface area contributed by atoms with E-state index in [1.165, 1.54) is 24.0 Å². The third kappa shape index (κ3) is 2.10. The second-order valence-corrected chi connectivity index (χ2v) is 4.07. The van der Waals surface area contributed by atoms with Crippen molar-refractivity contribution >= 4 is 0 Å². The first kappa shape index (κ1) is 8.76. The summed E-state index contributed by atoms with van der Waals surface area (Å²) in [6.07, 6.45) is 2.78. The Morgan fingerprint density at radius 2 is 2.00 bits per heavy atom. The molecule has 0 amide bonds. The minimum Gasteiger partial charge on any atom is -0.299 e. The first-order chi connectivity index (χ1) is 6.27. The maximum atomic E-state index is 2.46. The van der Waals surface area contributed by atoms with Crippen LogP contribution in [0.5, 0.6) is 0 Å². The van der Waals surface area contributed by atoms with Crippen molar-refractivity contribution in [2.24, 2.45) is 0 Å². The van der Waals surface area contributed by atoms with E-state index in [-0.39, 0.29) is 0 Å². The SMILES string of the molecule is Cc1ccccc1CN(C)C1CC1. The predicted molar refractivity (Wildman–Crippen MR) is 55.7 cm³/mol. The maximum Gasteiger partial charge on any atom is 0.0236 e. The van der Waals surface area contributed by atoms with E-state index in [0.29, 0.717) is 0 Å². The summed E-state index contributed by atoms with van der Waals surface area (Å²) in [5.74, 6) is 0. The predicted octanol–water partition coefficient (Wildman–Crippen LogP) is 2.59. The van der Waals surface area contributed by atoms with Crippen LogP contribution in [0.1, 0.15) is 24.0 Å². The van der Waals surface area contributed by atoms with E-state index in [9.17, 15) is 0 Å². The van der Waals surface area contributed by atoms with Crippen molar-refractivity contribution < 1.29 is 0 Å². The third-order valence-corrected chi connectivity index (χ3v) is 2.85. The highest BCUT2D eigenvalue weighted by Crippen LogP contribution is 2.27. The molecule has 1 saturated carbocycles. The van der Waals surface area contributed by atoms with Gasteiger partial charge >= 0.3 is 0 Å². The molecule has 1 fully saturated rings. The maximum absolute atomic E-state index is 2.46. The van der Waals surface area contributed by atoms with Crippen molar-refractivity contribution in [1.82, 2.24) is 4.90 Å². The second-order valence-electron chi connectivity index (χ2n) is 4.07. The molecule has 0 bridgehead atoms. The number of aryl methyl sites for hydroxylation is 1. The Kier molecular flexibility index (Phi) is 2.36. The van der Waals surface area contributed by atoms with Crippen LogP contribution in [0.15, 0.2) is 24.3 Å². The highest BCUT2D eigenvalue weighted by molar-refractivity contribution is 5.25. The Balaban J connectivity index is 2.03. The largest absolute Gasteiger partial charge is 0.299 e. The van der Waals surface area contributed by atoms with Crippen LogP contribution in [0.25, 0.3) is 0 Å². The lowest BCUT2D eigenvalue weighted by molar-refractivity contribution is 0.316. The van der Waals surface area contributed by atoms with Crippen LogP contribution in [0.4, 0.5) is 0 Å². The summed E-state index contributed by atoms with van der Waals surface area (Å²) in [5.41, 5.74) is 2.88. The Morgan fingerprint density at radius 1 is 1.31 bits per heavy atom. The van der Waals surface area contributed by atoms with Gasteiger partial charge in [0.15, 0.2) is 0 Å². The molecular formula is C12H17N. The van der Waals surface area contributed by atoms with Gasteiger partial charge in [-0.25, -0.2) is 0 Å². The lowest BCUT2D eigenvalue weighted by atomic mass is 10.1. The fourth-order valence-corrected chi connectivity index (χ4v) is 1.70. The van der Waals surface area contributed by atoms with E-state index < -0.39 is 0 Å². The molecule has 0 atom stereocenters. The smallest absolute Gasteiger partial charge is 0.0236 e. The summed E-state index contributed by atoms with van der Waals surface area (Å²) >= 11 is 0. The van der Waals surface area contributed by atoms with Crippen LogP contribution in [0.2, 0.25) is 0 Å². The van der Waals surface area contributed by atoms with Crippen LogP contribution in [0.3, 0.4) is 0 Å². The van der Waals surface area contributed by atoms with Crippen molar-refractivity contribution in [3.63, 3.8) is 0 Å². The zero-order chi connectivity index (χ0) is 9.26. The van der Waals surface area contributed by atoms with Gasteiger partial charge in [0, 0.05) is 12.6 Å². The van der Waals surface area contributed by atoms with Gasteiger partial charge in [-0.15, -0.1) is 0 Å². The van der Waals surface area contributed by atoms with Crippen LogP contribution >= 0.6 is 0 Å². The summed E-state index contributed by atoms with van der Waals surface area (Å²) < 4.78 is 0. The minimum atomic E-state index is 0.861. The van der Waals surface area contributed by atoms with Crippen LogP contribution < -0.4 is 0 Å². The first-order valence-electron chi connectivity index (χ1n) is 5.02. The van der Waals surface area contributed by atoms with Gasteiger partial charge in [-0.05, 0) is 37.9 Å². The fraction of sp³-hybridized carbons (Fsp3) is 0.500. The highest BCUT2D eigenvalue weighted by atomic mass is 15.1. The topological polar surface area (TPSA) is 3.24 Å². The molecule has 0 aromatic heterocycles. The average molecular weight is 175 g/mol. The van der Waals surface area contributed by atoms with Gasteiger partial charge in [-0.3, -0.25) is 4.90 Å². The molecule has 2 rings (SSSR count). The normalized spacial score (nSPS) is 16.5. The molecule has 1 nitrogen and oxygen atoms in total. The van der Waals surface area contributed by atoms with Gasteiger partial charge in [-0.1, -0.05) is 24.3 Å². The van der Waals surface area contributed by atoms with Crippen LogP contribution in [-0.2, 0) is 6.54 Å². The van der Waals surface area contributed by atoms with E-state index in [0.717, 1.165) is 12.6 Å². The Hall–Kier alpha value is -0.820. The number of nitrogens with zero attached hydrogens (tertiary/aromatic N) is 1. The molecule has 0 aliphatic heterocycles. The first-order valence-corrected chi connectivity index (χ1v) is 5.02. The summed E-state index contributed by atoms with van der Waals surface area (Å²) in [7, 11) is 2.23. The van der Waals surface area contributed by atoms with E-state index in [1.54, 1.807) is 0 Å². The zero-order valence-corrected chi connectivity index (χ0v) is 8.46.